The average molecular weight is 815 g/mol. The summed E-state index contributed by atoms with van der Waals surface area (Å²) in [5.74, 6) is -0.878. The highest BCUT2D eigenvalue weighted by Crippen LogP contribution is 2.15. The van der Waals surface area contributed by atoms with Crippen molar-refractivity contribution in [3.05, 3.63) is 36.5 Å². The molecular weight excluding hydrogens is 721 g/mol. The molecule has 0 heterocycles. The van der Waals surface area contributed by atoms with Gasteiger partial charge < -0.3 is 14.2 Å². The van der Waals surface area contributed by atoms with Crippen molar-refractivity contribution in [2.75, 3.05) is 13.2 Å². The second-order valence-electron chi connectivity index (χ2n) is 16.7. The highest BCUT2D eigenvalue weighted by molar-refractivity contribution is 5.71. The van der Waals surface area contributed by atoms with Crippen molar-refractivity contribution in [3.63, 3.8) is 0 Å². The van der Waals surface area contributed by atoms with Crippen molar-refractivity contribution in [3.8, 4) is 0 Å². The fraction of sp³-hybridized carbons (Fsp3) is 0.827. The molecule has 1 unspecified atom stereocenters. The van der Waals surface area contributed by atoms with Crippen LogP contribution in [0, 0.1) is 0 Å². The van der Waals surface area contributed by atoms with Crippen LogP contribution < -0.4 is 0 Å². The van der Waals surface area contributed by atoms with E-state index in [2.05, 4.69) is 57.2 Å². The van der Waals surface area contributed by atoms with E-state index >= 15 is 0 Å². The summed E-state index contributed by atoms with van der Waals surface area (Å²) in [6.07, 6.45) is 54.1. The fourth-order valence-electron chi connectivity index (χ4n) is 7.16. The van der Waals surface area contributed by atoms with Crippen molar-refractivity contribution in [2.45, 2.75) is 264 Å². The molecule has 338 valence electrons. The first-order valence-corrected chi connectivity index (χ1v) is 25.0. The Hall–Kier alpha value is -2.37. The molecule has 0 radical (unpaired) electrons. The zero-order valence-electron chi connectivity index (χ0n) is 38.6. The van der Waals surface area contributed by atoms with Crippen LogP contribution in [0.5, 0.6) is 0 Å². The largest absolute Gasteiger partial charge is 0.462 e. The van der Waals surface area contributed by atoms with E-state index in [1.807, 2.05) is 0 Å². The summed E-state index contributed by atoms with van der Waals surface area (Å²) in [5.41, 5.74) is 0. The minimum absolute atomic E-state index is 0.0725. The molecule has 6 heteroatoms. The maximum atomic E-state index is 12.8. The van der Waals surface area contributed by atoms with Crippen LogP contribution in [0.1, 0.15) is 258 Å². The third kappa shape index (κ3) is 44.7. The first-order valence-electron chi connectivity index (χ1n) is 25.0. The summed E-state index contributed by atoms with van der Waals surface area (Å²) in [7, 11) is 0. The number of rotatable bonds is 45. The van der Waals surface area contributed by atoms with E-state index in [-0.39, 0.29) is 31.1 Å². The quantitative estimate of drug-likeness (QED) is 0.0264. The molecule has 0 saturated carbocycles. The maximum absolute atomic E-state index is 12.8. The highest BCUT2D eigenvalue weighted by Gasteiger charge is 2.19. The zero-order valence-corrected chi connectivity index (χ0v) is 38.6. The van der Waals surface area contributed by atoms with E-state index in [1.165, 1.54) is 135 Å². The van der Waals surface area contributed by atoms with Gasteiger partial charge in [0.25, 0.3) is 0 Å². The number of unbranched alkanes of at least 4 members (excludes halogenated alkanes) is 28. The van der Waals surface area contributed by atoms with Crippen LogP contribution in [0.25, 0.3) is 0 Å². The van der Waals surface area contributed by atoms with Gasteiger partial charge in [0.05, 0.1) is 0 Å². The van der Waals surface area contributed by atoms with Gasteiger partial charge in [-0.05, 0) is 51.4 Å². The monoisotopic (exact) mass is 815 g/mol. The van der Waals surface area contributed by atoms with Gasteiger partial charge in [0.15, 0.2) is 6.10 Å². The van der Waals surface area contributed by atoms with Crippen LogP contribution in [0.2, 0.25) is 0 Å². The smallest absolute Gasteiger partial charge is 0.306 e. The van der Waals surface area contributed by atoms with Crippen molar-refractivity contribution in [1.29, 1.82) is 0 Å². The van der Waals surface area contributed by atoms with E-state index in [1.54, 1.807) is 0 Å². The van der Waals surface area contributed by atoms with Gasteiger partial charge in [-0.1, -0.05) is 224 Å². The van der Waals surface area contributed by atoms with Gasteiger partial charge in [0.1, 0.15) is 13.2 Å². The van der Waals surface area contributed by atoms with Gasteiger partial charge in [-0.3, -0.25) is 14.4 Å². The third-order valence-electron chi connectivity index (χ3n) is 10.9. The number of carbonyl (C=O) groups is 3. The second-order valence-corrected chi connectivity index (χ2v) is 16.7. The molecule has 0 fully saturated rings. The lowest BCUT2D eigenvalue weighted by molar-refractivity contribution is -0.167. The van der Waals surface area contributed by atoms with Gasteiger partial charge in [0.2, 0.25) is 0 Å². The Morgan fingerprint density at radius 3 is 1.05 bits per heavy atom. The summed E-state index contributed by atoms with van der Waals surface area (Å²) >= 11 is 0. The Kier molecular flexibility index (Phi) is 45.4. The minimum Gasteiger partial charge on any atom is -0.462 e. The Bertz CT molecular complexity index is 984. The van der Waals surface area contributed by atoms with Gasteiger partial charge in [-0.2, -0.15) is 0 Å². The second kappa shape index (κ2) is 47.3. The van der Waals surface area contributed by atoms with Crippen LogP contribution >= 0.6 is 0 Å². The predicted molar refractivity (Wildman–Crippen MR) is 247 cm³/mol. The van der Waals surface area contributed by atoms with E-state index in [0.29, 0.717) is 19.3 Å². The fourth-order valence-corrected chi connectivity index (χ4v) is 7.16. The van der Waals surface area contributed by atoms with Crippen LogP contribution in [-0.2, 0) is 28.6 Å². The molecule has 6 nitrogen and oxygen atoms in total. The lowest BCUT2D eigenvalue weighted by Crippen LogP contribution is -2.30. The van der Waals surface area contributed by atoms with E-state index in [0.717, 1.165) is 83.5 Å². The minimum atomic E-state index is -0.771. The molecule has 0 bridgehead atoms. The lowest BCUT2D eigenvalue weighted by Gasteiger charge is -2.18. The summed E-state index contributed by atoms with van der Waals surface area (Å²) in [5, 5.41) is 0. The SMILES string of the molecule is CC/C=C\C/C=C\C/C=C\CCCCCCCCC(=O)OCC(COC(=O)CCCCCCCCCCCC)OC(=O)CCCCCCCCCCCCCCCC. The van der Waals surface area contributed by atoms with Crippen LogP contribution in [-0.4, -0.2) is 37.2 Å². The van der Waals surface area contributed by atoms with Gasteiger partial charge in [0, 0.05) is 19.3 Å². The molecule has 0 aliphatic rings. The molecule has 0 amide bonds. The van der Waals surface area contributed by atoms with E-state index in [9.17, 15) is 14.4 Å². The first kappa shape index (κ1) is 55.6. The highest BCUT2D eigenvalue weighted by atomic mass is 16.6. The molecule has 0 N–H and O–H groups in total. The number of hydrogen-bond acceptors (Lipinski definition) is 6. The number of hydrogen-bond donors (Lipinski definition) is 0. The number of esters is 3. The Labute approximate surface area is 359 Å². The number of allylic oxidation sites excluding steroid dienone is 6. The topological polar surface area (TPSA) is 78.9 Å². The van der Waals surface area contributed by atoms with Gasteiger partial charge in [-0.15, -0.1) is 0 Å². The molecule has 0 spiro atoms. The Morgan fingerprint density at radius 2 is 0.672 bits per heavy atom. The Balaban J connectivity index is 4.34. The lowest BCUT2D eigenvalue weighted by atomic mass is 10.0. The first-order chi connectivity index (χ1) is 28.5. The van der Waals surface area contributed by atoms with Crippen LogP contribution in [0.3, 0.4) is 0 Å². The predicted octanol–water partition coefficient (Wildman–Crippen LogP) is 16.1. The van der Waals surface area contributed by atoms with Gasteiger partial charge in [-0.25, -0.2) is 0 Å². The zero-order chi connectivity index (χ0) is 42.3. The summed E-state index contributed by atoms with van der Waals surface area (Å²) < 4.78 is 16.8. The third-order valence-corrected chi connectivity index (χ3v) is 10.9. The van der Waals surface area contributed by atoms with Crippen molar-refractivity contribution < 1.29 is 28.6 Å². The van der Waals surface area contributed by atoms with Crippen LogP contribution in [0.15, 0.2) is 36.5 Å². The van der Waals surface area contributed by atoms with Crippen molar-refractivity contribution in [2.24, 2.45) is 0 Å². The summed E-state index contributed by atoms with van der Waals surface area (Å²) in [6, 6.07) is 0. The molecule has 0 saturated heterocycles. The summed E-state index contributed by atoms with van der Waals surface area (Å²) in [6.45, 7) is 6.52. The molecule has 0 rings (SSSR count). The molecule has 0 aromatic heterocycles. The molecule has 58 heavy (non-hydrogen) atoms. The molecule has 1 atom stereocenters. The standard InChI is InChI=1S/C52H94O6/c1-4-7-10-13-16-19-22-24-26-27-29-30-33-36-39-42-45-51(54)57-48-49(47-56-50(53)44-41-38-35-32-21-18-15-12-9-6-3)58-52(55)46-43-40-37-34-31-28-25-23-20-17-14-11-8-5-2/h7,10,16,19,24,26,49H,4-6,8-9,11-15,17-18,20-23,25,27-48H2,1-3H3/b10-7-,19-16-,26-24-. The maximum Gasteiger partial charge on any atom is 0.306 e. The average Bonchev–Trinajstić information content (AvgIpc) is 3.22. The Morgan fingerprint density at radius 1 is 0.362 bits per heavy atom. The number of carbonyl (C=O) groups excluding carboxylic acids is 3. The van der Waals surface area contributed by atoms with Gasteiger partial charge >= 0.3 is 17.9 Å². The molecule has 0 aromatic rings. The summed E-state index contributed by atoms with van der Waals surface area (Å²) in [4.78, 5) is 37.9. The number of ether oxygens (including phenoxy) is 3. The van der Waals surface area contributed by atoms with Crippen molar-refractivity contribution >= 4 is 17.9 Å². The molecule has 0 aliphatic carbocycles. The molecular formula is C52H94O6. The molecule has 0 aromatic carbocycles. The van der Waals surface area contributed by atoms with E-state index < -0.39 is 6.10 Å². The van der Waals surface area contributed by atoms with E-state index in [4.69, 9.17) is 14.2 Å². The molecule has 0 aliphatic heterocycles. The van der Waals surface area contributed by atoms with Crippen LogP contribution in [0.4, 0.5) is 0 Å². The van der Waals surface area contributed by atoms with Crippen molar-refractivity contribution in [1.82, 2.24) is 0 Å². The normalized spacial score (nSPS) is 12.3.